The summed E-state index contributed by atoms with van der Waals surface area (Å²) in [5.41, 5.74) is 0.882. The molecule has 1 aliphatic heterocycles. The Kier molecular flexibility index (Phi) is 5.08. The third kappa shape index (κ3) is 4.17. The van der Waals surface area contributed by atoms with Gasteiger partial charge in [-0.05, 0) is 50.6 Å². The van der Waals surface area contributed by atoms with Crippen LogP contribution in [0.25, 0.3) is 11.4 Å². The van der Waals surface area contributed by atoms with Crippen molar-refractivity contribution in [3.63, 3.8) is 0 Å². The van der Waals surface area contributed by atoms with Crippen molar-refractivity contribution in [2.75, 3.05) is 13.1 Å². The Balaban J connectivity index is 1.30. The number of ether oxygens (including phenoxy) is 1. The number of aryl methyl sites for hydroxylation is 1. The number of hydrogen-bond acceptors (Lipinski definition) is 7. The van der Waals surface area contributed by atoms with Gasteiger partial charge in [0.2, 0.25) is 5.82 Å². The van der Waals surface area contributed by atoms with Crippen LogP contribution in [0.15, 0.2) is 45.6 Å². The van der Waals surface area contributed by atoms with Gasteiger partial charge in [0.25, 0.3) is 5.89 Å². The van der Waals surface area contributed by atoms with E-state index < -0.39 is 0 Å². The van der Waals surface area contributed by atoms with E-state index in [-0.39, 0.29) is 6.10 Å². The van der Waals surface area contributed by atoms with Crippen LogP contribution < -0.4 is 0 Å². The van der Waals surface area contributed by atoms with Gasteiger partial charge in [-0.15, -0.1) is 0 Å². The molecule has 1 fully saturated rings. The van der Waals surface area contributed by atoms with Gasteiger partial charge < -0.3 is 13.7 Å². The molecular formula is C19H22N4O3. The van der Waals surface area contributed by atoms with E-state index in [1.54, 1.807) is 12.4 Å². The quantitative estimate of drug-likeness (QED) is 0.672. The minimum atomic E-state index is 0.163. The molecular weight excluding hydrogens is 332 g/mol. The Labute approximate surface area is 152 Å². The second kappa shape index (κ2) is 7.80. The maximum absolute atomic E-state index is 6.01. The molecule has 0 aliphatic carbocycles. The van der Waals surface area contributed by atoms with E-state index in [0.717, 1.165) is 49.6 Å². The van der Waals surface area contributed by atoms with Gasteiger partial charge in [-0.1, -0.05) is 5.16 Å². The lowest BCUT2D eigenvalue weighted by molar-refractivity contribution is -0.0223. The number of aromatic nitrogens is 3. The van der Waals surface area contributed by atoms with Gasteiger partial charge in [0.15, 0.2) is 0 Å². The lowest BCUT2D eigenvalue weighted by atomic mass is 10.1. The fourth-order valence-electron chi connectivity index (χ4n) is 3.20. The van der Waals surface area contributed by atoms with Gasteiger partial charge in [-0.25, -0.2) is 0 Å². The van der Waals surface area contributed by atoms with Gasteiger partial charge in [-0.2, -0.15) is 4.98 Å². The highest BCUT2D eigenvalue weighted by molar-refractivity contribution is 5.52. The number of nitrogens with zero attached hydrogens (tertiary/aromatic N) is 4. The third-order valence-corrected chi connectivity index (χ3v) is 4.49. The van der Waals surface area contributed by atoms with E-state index in [9.17, 15) is 0 Å². The smallest absolute Gasteiger partial charge is 0.252 e. The highest BCUT2D eigenvalue weighted by Crippen LogP contribution is 2.19. The van der Waals surface area contributed by atoms with E-state index in [2.05, 4.69) is 20.0 Å². The van der Waals surface area contributed by atoms with Crippen LogP contribution in [0.3, 0.4) is 0 Å². The Morgan fingerprint density at radius 2 is 2.12 bits per heavy atom. The summed E-state index contributed by atoms with van der Waals surface area (Å²) in [5.74, 6) is 3.01. The van der Waals surface area contributed by atoms with Crippen molar-refractivity contribution in [1.29, 1.82) is 0 Å². The number of pyridine rings is 1. The molecule has 0 radical (unpaired) electrons. The van der Waals surface area contributed by atoms with Crippen LogP contribution in [0.1, 0.15) is 30.3 Å². The maximum atomic E-state index is 6.01. The molecule has 136 valence electrons. The minimum Gasteiger partial charge on any atom is -0.465 e. The fraction of sp³-hybridized carbons (Fsp3) is 0.421. The topological polar surface area (TPSA) is 77.4 Å². The van der Waals surface area contributed by atoms with Gasteiger partial charge >= 0.3 is 0 Å². The Morgan fingerprint density at radius 1 is 1.23 bits per heavy atom. The monoisotopic (exact) mass is 354 g/mol. The predicted octanol–water partition coefficient (Wildman–Crippen LogP) is 3.21. The number of piperidine rings is 1. The Morgan fingerprint density at radius 3 is 2.92 bits per heavy atom. The highest BCUT2D eigenvalue weighted by Gasteiger charge is 2.22. The van der Waals surface area contributed by atoms with Crippen LogP contribution in [0, 0.1) is 6.92 Å². The van der Waals surface area contributed by atoms with Crippen molar-refractivity contribution in [3.8, 4) is 11.4 Å². The molecule has 0 aromatic carbocycles. The molecule has 4 rings (SSSR count). The summed E-state index contributed by atoms with van der Waals surface area (Å²) in [6.07, 6.45) is 5.73. The van der Waals surface area contributed by atoms with Crippen LogP contribution in [0.2, 0.25) is 0 Å². The van der Waals surface area contributed by atoms with Crippen LogP contribution in [0.5, 0.6) is 0 Å². The van der Waals surface area contributed by atoms with Crippen molar-refractivity contribution in [2.45, 2.75) is 39.0 Å². The molecule has 7 heteroatoms. The number of furan rings is 1. The molecule has 0 N–H and O–H groups in total. The predicted molar refractivity (Wildman–Crippen MR) is 94.1 cm³/mol. The van der Waals surface area contributed by atoms with Crippen molar-refractivity contribution in [3.05, 3.63) is 54.1 Å². The fourth-order valence-corrected chi connectivity index (χ4v) is 3.20. The average Bonchev–Trinajstić information content (AvgIpc) is 3.30. The zero-order valence-electron chi connectivity index (χ0n) is 14.8. The normalized spacial score (nSPS) is 18.3. The SMILES string of the molecule is Cc1ccc(CN2CCC[C@@H](OCc3nc(-c4ccncc4)no3)C2)o1. The van der Waals surface area contributed by atoms with Crippen molar-refractivity contribution < 1.29 is 13.7 Å². The van der Waals surface area contributed by atoms with E-state index in [1.165, 1.54) is 0 Å². The molecule has 4 heterocycles. The molecule has 0 amide bonds. The average molecular weight is 354 g/mol. The second-order valence-electron chi connectivity index (χ2n) is 6.57. The van der Waals surface area contributed by atoms with Crippen LogP contribution in [-0.2, 0) is 17.9 Å². The molecule has 26 heavy (non-hydrogen) atoms. The molecule has 3 aromatic heterocycles. The highest BCUT2D eigenvalue weighted by atomic mass is 16.5. The van der Waals surface area contributed by atoms with Gasteiger partial charge in [-0.3, -0.25) is 9.88 Å². The van der Waals surface area contributed by atoms with Gasteiger partial charge in [0.05, 0.1) is 12.6 Å². The van der Waals surface area contributed by atoms with E-state index in [1.807, 2.05) is 31.2 Å². The number of likely N-dealkylation sites (tertiary alicyclic amines) is 1. The van der Waals surface area contributed by atoms with Crippen LogP contribution >= 0.6 is 0 Å². The van der Waals surface area contributed by atoms with Crippen LogP contribution in [0.4, 0.5) is 0 Å². The number of hydrogen-bond donors (Lipinski definition) is 0. The molecule has 1 saturated heterocycles. The molecule has 0 unspecified atom stereocenters. The molecule has 1 atom stereocenters. The first-order chi connectivity index (χ1) is 12.8. The minimum absolute atomic E-state index is 0.163. The van der Waals surface area contributed by atoms with E-state index >= 15 is 0 Å². The van der Waals surface area contributed by atoms with Crippen molar-refractivity contribution in [1.82, 2.24) is 20.0 Å². The lowest BCUT2D eigenvalue weighted by Crippen LogP contribution is -2.39. The maximum Gasteiger partial charge on any atom is 0.252 e. The molecule has 3 aromatic rings. The Hall–Kier alpha value is -2.51. The zero-order valence-corrected chi connectivity index (χ0v) is 14.8. The molecule has 1 aliphatic rings. The summed E-state index contributed by atoms with van der Waals surface area (Å²) in [6.45, 7) is 5.06. The summed E-state index contributed by atoms with van der Waals surface area (Å²) >= 11 is 0. The first-order valence-corrected chi connectivity index (χ1v) is 8.88. The van der Waals surface area contributed by atoms with Crippen molar-refractivity contribution >= 4 is 0 Å². The van der Waals surface area contributed by atoms with Gasteiger partial charge in [0.1, 0.15) is 18.1 Å². The molecule has 0 bridgehead atoms. The van der Waals surface area contributed by atoms with Crippen molar-refractivity contribution in [2.24, 2.45) is 0 Å². The summed E-state index contributed by atoms with van der Waals surface area (Å²) in [6, 6.07) is 7.75. The van der Waals surface area contributed by atoms with Gasteiger partial charge in [0, 0.05) is 24.5 Å². The third-order valence-electron chi connectivity index (χ3n) is 4.49. The summed E-state index contributed by atoms with van der Waals surface area (Å²) in [4.78, 5) is 10.8. The molecule has 7 nitrogen and oxygen atoms in total. The Bertz CT molecular complexity index is 830. The lowest BCUT2D eigenvalue weighted by Gasteiger charge is -2.31. The van der Waals surface area contributed by atoms with E-state index in [0.29, 0.717) is 18.3 Å². The standard InChI is InChI=1S/C19H22N4O3/c1-14-4-5-17(25-14)12-23-10-2-3-16(11-23)24-13-18-21-19(22-26-18)15-6-8-20-9-7-15/h4-9,16H,2-3,10-13H2,1H3/t16-/m1/s1. The zero-order chi connectivity index (χ0) is 17.8. The largest absolute Gasteiger partial charge is 0.465 e. The second-order valence-corrected chi connectivity index (χ2v) is 6.57. The summed E-state index contributed by atoms with van der Waals surface area (Å²) in [7, 11) is 0. The van der Waals surface area contributed by atoms with Crippen LogP contribution in [-0.4, -0.2) is 39.2 Å². The summed E-state index contributed by atoms with van der Waals surface area (Å²) < 4.78 is 17.0. The first-order valence-electron chi connectivity index (χ1n) is 8.88. The molecule has 0 spiro atoms. The first kappa shape index (κ1) is 16.9. The number of rotatable bonds is 6. The van der Waals surface area contributed by atoms with E-state index in [4.69, 9.17) is 13.7 Å². The molecule has 0 saturated carbocycles. The summed E-state index contributed by atoms with van der Waals surface area (Å²) in [5, 5.41) is 4.01.